The lowest BCUT2D eigenvalue weighted by atomic mass is 9.69. The average Bonchev–Trinajstić information content (AvgIpc) is 3.43. The van der Waals surface area contributed by atoms with Crippen molar-refractivity contribution >= 4 is 5.52 Å². The predicted molar refractivity (Wildman–Crippen MR) is 104 cm³/mol. The first kappa shape index (κ1) is 18.0. The number of aryl methyl sites for hydroxylation is 1. The number of hydrogen-bond donors (Lipinski definition) is 0. The molecule has 0 aromatic carbocycles. The van der Waals surface area contributed by atoms with Gasteiger partial charge in [0.25, 0.3) is 0 Å². The Balaban J connectivity index is 1.64. The van der Waals surface area contributed by atoms with E-state index in [1.807, 2.05) is 13.2 Å². The largest absolute Gasteiger partial charge is 0.314 e. The quantitative estimate of drug-likeness (QED) is 0.490. The Kier molecular flexibility index (Phi) is 3.90. The molecule has 0 unspecified atom stereocenters. The van der Waals surface area contributed by atoms with Crippen molar-refractivity contribution in [3.8, 4) is 28.6 Å². The van der Waals surface area contributed by atoms with E-state index in [1.165, 1.54) is 4.68 Å². The van der Waals surface area contributed by atoms with Gasteiger partial charge in [0.05, 0.1) is 47.4 Å². The lowest BCUT2D eigenvalue weighted by Crippen LogP contribution is -2.48. The summed E-state index contributed by atoms with van der Waals surface area (Å²) in [6, 6.07) is 3.98. The third-order valence-corrected chi connectivity index (χ3v) is 5.61. The van der Waals surface area contributed by atoms with Crippen LogP contribution in [0.1, 0.15) is 12.8 Å². The number of nitriles is 1. The molecule has 10 heteroatoms. The van der Waals surface area contributed by atoms with Crippen LogP contribution in [0.2, 0.25) is 0 Å². The Morgan fingerprint density at radius 2 is 2.17 bits per heavy atom. The van der Waals surface area contributed by atoms with Crippen LogP contribution in [-0.2, 0) is 12.6 Å². The fourth-order valence-corrected chi connectivity index (χ4v) is 4.06. The van der Waals surface area contributed by atoms with Crippen LogP contribution in [0.4, 0.5) is 4.39 Å². The molecule has 0 radical (unpaired) electrons. The molecule has 0 saturated heterocycles. The molecule has 0 N–H and O–H groups in total. The van der Waals surface area contributed by atoms with Crippen LogP contribution >= 0.6 is 0 Å². The molecule has 1 aliphatic carbocycles. The van der Waals surface area contributed by atoms with Crippen molar-refractivity contribution in [3.63, 3.8) is 0 Å². The second-order valence-electron chi connectivity index (χ2n) is 7.59. The van der Waals surface area contributed by atoms with E-state index >= 15 is 4.39 Å². The maximum absolute atomic E-state index is 15.0. The van der Waals surface area contributed by atoms with Crippen molar-refractivity contribution in [1.29, 1.82) is 5.26 Å². The van der Waals surface area contributed by atoms with Crippen LogP contribution in [0.25, 0.3) is 32.9 Å². The lowest BCUT2D eigenvalue weighted by Gasteiger charge is -2.40. The molecule has 0 spiro atoms. The molecule has 1 aliphatic rings. The first-order valence-corrected chi connectivity index (χ1v) is 9.35. The highest BCUT2D eigenvalue weighted by molar-refractivity contribution is 5.78. The first-order valence-electron chi connectivity index (χ1n) is 9.35. The fraction of sp³-hybridized carbons (Fsp3) is 0.300. The molecule has 9 nitrogen and oxygen atoms in total. The van der Waals surface area contributed by atoms with Crippen molar-refractivity contribution in [2.75, 3.05) is 6.54 Å². The van der Waals surface area contributed by atoms with Gasteiger partial charge in [-0.2, -0.15) is 19.8 Å². The van der Waals surface area contributed by atoms with E-state index in [4.69, 9.17) is 11.8 Å². The van der Waals surface area contributed by atoms with E-state index < -0.39 is 11.5 Å². The summed E-state index contributed by atoms with van der Waals surface area (Å²) < 4.78 is 19.8. The molecule has 1 saturated carbocycles. The highest BCUT2D eigenvalue weighted by atomic mass is 19.1. The van der Waals surface area contributed by atoms with Gasteiger partial charge >= 0.3 is 0 Å². The van der Waals surface area contributed by atoms with Gasteiger partial charge in [0, 0.05) is 25.0 Å². The third kappa shape index (κ3) is 2.65. The zero-order valence-electron chi connectivity index (χ0n) is 16.1. The maximum atomic E-state index is 15.0. The van der Waals surface area contributed by atoms with E-state index in [0.29, 0.717) is 29.7 Å². The summed E-state index contributed by atoms with van der Waals surface area (Å²) in [6.45, 7) is 7.43. The molecule has 4 aromatic heterocycles. The van der Waals surface area contributed by atoms with Crippen molar-refractivity contribution in [1.82, 2.24) is 34.2 Å². The van der Waals surface area contributed by atoms with Gasteiger partial charge in [0.15, 0.2) is 0 Å². The number of nitrogens with zero attached hydrogens (tertiary/aromatic N) is 9. The number of rotatable bonds is 4. The molecule has 0 aliphatic heterocycles. The molecule has 0 bridgehead atoms. The molecule has 30 heavy (non-hydrogen) atoms. The number of aromatic nitrogens is 7. The average molecular weight is 401 g/mol. The van der Waals surface area contributed by atoms with Crippen molar-refractivity contribution in [2.24, 2.45) is 13.0 Å². The fourth-order valence-electron chi connectivity index (χ4n) is 4.06. The van der Waals surface area contributed by atoms with E-state index in [1.54, 1.807) is 40.1 Å². The van der Waals surface area contributed by atoms with Gasteiger partial charge in [0.2, 0.25) is 12.5 Å². The summed E-state index contributed by atoms with van der Waals surface area (Å²) in [7, 11) is 1.81. The van der Waals surface area contributed by atoms with E-state index in [0.717, 1.165) is 5.56 Å². The Hall–Kier alpha value is -4.05. The summed E-state index contributed by atoms with van der Waals surface area (Å²) in [6.07, 6.45) is 9.46. The van der Waals surface area contributed by atoms with E-state index in [-0.39, 0.29) is 18.0 Å². The number of hydrogen-bond acceptors (Lipinski definition) is 5. The second kappa shape index (κ2) is 6.49. The molecule has 0 amide bonds. The molecular formula is C20H16FN9. The topological polar surface area (TPSA) is 94.0 Å². The van der Waals surface area contributed by atoms with Crippen LogP contribution in [0, 0.1) is 29.8 Å². The maximum Gasteiger partial charge on any atom is 0.242 e. The van der Waals surface area contributed by atoms with Gasteiger partial charge in [-0.25, -0.2) is 16.1 Å². The van der Waals surface area contributed by atoms with Crippen molar-refractivity contribution in [2.45, 2.75) is 18.4 Å². The zero-order chi connectivity index (χ0) is 20.9. The Morgan fingerprint density at radius 3 is 2.87 bits per heavy atom. The van der Waals surface area contributed by atoms with E-state index in [9.17, 15) is 0 Å². The highest BCUT2D eigenvalue weighted by Crippen LogP contribution is 2.44. The van der Waals surface area contributed by atoms with Gasteiger partial charge in [-0.3, -0.25) is 9.36 Å². The summed E-state index contributed by atoms with van der Waals surface area (Å²) in [5.41, 5.74) is 2.01. The van der Waals surface area contributed by atoms with Crippen LogP contribution in [-0.4, -0.2) is 40.7 Å². The van der Waals surface area contributed by atoms with Gasteiger partial charge < -0.3 is 4.85 Å². The predicted octanol–water partition coefficient (Wildman–Crippen LogP) is 2.68. The van der Waals surface area contributed by atoms with Crippen LogP contribution < -0.4 is 0 Å². The normalized spacial score (nSPS) is 20.6. The Bertz CT molecular complexity index is 1340. The Morgan fingerprint density at radius 1 is 1.33 bits per heavy atom. The first-order chi connectivity index (χ1) is 14.5. The summed E-state index contributed by atoms with van der Waals surface area (Å²) in [5, 5.41) is 21.7. The van der Waals surface area contributed by atoms with Gasteiger partial charge in [0.1, 0.15) is 11.2 Å². The summed E-state index contributed by atoms with van der Waals surface area (Å²) in [5.74, 6) is -0.810. The van der Waals surface area contributed by atoms with Gasteiger partial charge in [-0.15, -0.1) is 5.10 Å². The van der Waals surface area contributed by atoms with Gasteiger partial charge in [-0.05, 0) is 18.9 Å². The minimum Gasteiger partial charge on any atom is -0.314 e. The third-order valence-electron chi connectivity index (χ3n) is 5.61. The van der Waals surface area contributed by atoms with Crippen LogP contribution in [0.15, 0.2) is 37.1 Å². The zero-order valence-corrected chi connectivity index (χ0v) is 16.1. The summed E-state index contributed by atoms with van der Waals surface area (Å²) in [4.78, 5) is 8.19. The molecule has 148 valence electrons. The summed E-state index contributed by atoms with van der Waals surface area (Å²) >= 11 is 0. The molecule has 4 aromatic rings. The molecule has 5 rings (SSSR count). The van der Waals surface area contributed by atoms with Crippen LogP contribution in [0.5, 0.6) is 0 Å². The van der Waals surface area contributed by atoms with Crippen LogP contribution in [0.3, 0.4) is 0 Å². The molecular weight excluding hydrogens is 385 g/mol. The van der Waals surface area contributed by atoms with E-state index in [2.05, 4.69) is 31.2 Å². The Labute approximate surface area is 170 Å². The smallest absolute Gasteiger partial charge is 0.242 e. The molecule has 4 heterocycles. The minimum atomic E-state index is -0.668. The SMILES string of the molecule is [C-]#[N+]CC1(n2cc(-c3nc(-c4cnn(C)c4)cn4nccc34)c(F)n2)CC(C#N)C1. The van der Waals surface area contributed by atoms with Crippen molar-refractivity contribution in [3.05, 3.63) is 54.4 Å². The molecule has 1 fully saturated rings. The second-order valence-corrected chi connectivity index (χ2v) is 7.59. The lowest BCUT2D eigenvalue weighted by molar-refractivity contribution is 0.0991. The number of fused-ring (bicyclic) bond motifs is 1. The van der Waals surface area contributed by atoms with Crippen molar-refractivity contribution < 1.29 is 4.39 Å². The molecule has 0 atom stereocenters. The highest BCUT2D eigenvalue weighted by Gasteiger charge is 2.50. The standard InChI is InChI=1S/C20H16FN9/c1-23-12-20(5-13(6-20)7-22)30-10-15(19(21)27-30)18-17-3-4-24-29(17)11-16(26-18)14-8-25-28(2)9-14/h3-4,8-11,13H,5-6,12H2,2H3. The number of halogens is 1. The minimum absolute atomic E-state index is 0.143. The monoisotopic (exact) mass is 401 g/mol. The van der Waals surface area contributed by atoms with Gasteiger partial charge in [-0.1, -0.05) is 0 Å².